The topological polar surface area (TPSA) is 54.0 Å². The lowest BCUT2D eigenvalue weighted by Gasteiger charge is -2.22. The molecule has 0 aliphatic carbocycles. The number of ether oxygens (including phenoxy) is 4. The van der Waals surface area contributed by atoms with Gasteiger partial charge in [-0.05, 0) is 13.3 Å². The molecule has 0 aromatic heterocycles. The highest BCUT2D eigenvalue weighted by Gasteiger charge is 2.14. The minimum Gasteiger partial charge on any atom is -0.460 e. The summed E-state index contributed by atoms with van der Waals surface area (Å²) >= 11 is 0. The Morgan fingerprint density at radius 1 is 1.40 bits per heavy atom. The molecule has 1 aliphatic rings. The van der Waals surface area contributed by atoms with Gasteiger partial charge in [-0.2, -0.15) is 0 Å². The molecule has 0 atom stereocenters. The molecule has 86 valence electrons. The highest BCUT2D eigenvalue weighted by molar-refractivity contribution is 5.86. The van der Waals surface area contributed by atoms with Crippen LogP contribution in [0.3, 0.4) is 0 Å². The van der Waals surface area contributed by atoms with Gasteiger partial charge in [-0.1, -0.05) is 6.58 Å². The molecule has 15 heavy (non-hydrogen) atoms. The maximum Gasteiger partial charge on any atom is 0.333 e. The summed E-state index contributed by atoms with van der Waals surface area (Å²) in [6.07, 6.45) is 0.879. The first kappa shape index (κ1) is 12.2. The molecule has 5 heteroatoms. The van der Waals surface area contributed by atoms with Crippen molar-refractivity contribution >= 4 is 5.97 Å². The average Bonchev–Trinajstić information content (AvgIpc) is 2.25. The van der Waals surface area contributed by atoms with Crippen LogP contribution in [0.5, 0.6) is 0 Å². The van der Waals surface area contributed by atoms with Gasteiger partial charge in [0.25, 0.3) is 6.48 Å². The van der Waals surface area contributed by atoms with E-state index in [2.05, 4.69) is 6.58 Å². The SMILES string of the molecule is C=C(C)C(=O)OCCOC1OCCCO1. The number of hydrogen-bond donors (Lipinski definition) is 0. The van der Waals surface area contributed by atoms with Gasteiger partial charge in [0.15, 0.2) is 0 Å². The Hall–Kier alpha value is -0.910. The summed E-state index contributed by atoms with van der Waals surface area (Å²) in [5.74, 6) is -0.413. The first-order valence-corrected chi connectivity index (χ1v) is 4.87. The molecule has 0 unspecified atom stereocenters. The van der Waals surface area contributed by atoms with Crippen molar-refractivity contribution in [2.75, 3.05) is 26.4 Å². The molecule has 1 fully saturated rings. The first-order chi connectivity index (χ1) is 7.20. The van der Waals surface area contributed by atoms with Crippen LogP contribution in [-0.4, -0.2) is 38.9 Å². The van der Waals surface area contributed by atoms with Crippen LogP contribution in [-0.2, 0) is 23.7 Å². The molecule has 0 saturated carbocycles. The quantitative estimate of drug-likeness (QED) is 0.387. The molecule has 1 aliphatic heterocycles. The monoisotopic (exact) mass is 216 g/mol. The van der Waals surface area contributed by atoms with Crippen molar-refractivity contribution in [1.29, 1.82) is 0 Å². The Morgan fingerprint density at radius 3 is 2.67 bits per heavy atom. The second kappa shape index (κ2) is 6.55. The maximum absolute atomic E-state index is 11.0. The van der Waals surface area contributed by atoms with Gasteiger partial charge >= 0.3 is 5.97 Å². The normalized spacial score (nSPS) is 17.4. The Labute approximate surface area is 88.9 Å². The van der Waals surface area contributed by atoms with Crippen LogP contribution in [0.15, 0.2) is 12.2 Å². The van der Waals surface area contributed by atoms with Crippen LogP contribution in [0.25, 0.3) is 0 Å². The Balaban J connectivity index is 2.01. The van der Waals surface area contributed by atoms with E-state index in [1.165, 1.54) is 0 Å². The molecule has 0 amide bonds. The maximum atomic E-state index is 11.0. The molecular weight excluding hydrogens is 200 g/mol. The predicted octanol–water partition coefficient (Wildman–Crippen LogP) is 0.843. The van der Waals surface area contributed by atoms with E-state index in [4.69, 9.17) is 18.9 Å². The number of rotatable bonds is 5. The summed E-state index contributed by atoms with van der Waals surface area (Å²) in [6.45, 7) is 6.13. The van der Waals surface area contributed by atoms with E-state index in [0.29, 0.717) is 18.8 Å². The summed E-state index contributed by atoms with van der Waals surface area (Å²) in [5, 5.41) is 0. The summed E-state index contributed by atoms with van der Waals surface area (Å²) in [6, 6.07) is 0. The highest BCUT2D eigenvalue weighted by Crippen LogP contribution is 2.05. The standard InChI is InChI=1S/C10H16O5/c1-8(2)9(11)12-6-7-15-10-13-4-3-5-14-10/h10H,1,3-7H2,2H3. The molecule has 0 spiro atoms. The van der Waals surface area contributed by atoms with Gasteiger partial charge in [-0.25, -0.2) is 4.79 Å². The van der Waals surface area contributed by atoms with E-state index >= 15 is 0 Å². The van der Waals surface area contributed by atoms with Crippen molar-refractivity contribution in [3.63, 3.8) is 0 Å². The lowest BCUT2D eigenvalue weighted by Crippen LogP contribution is -2.28. The Morgan fingerprint density at radius 2 is 2.07 bits per heavy atom. The predicted molar refractivity (Wildman–Crippen MR) is 52.0 cm³/mol. The van der Waals surface area contributed by atoms with Crippen molar-refractivity contribution in [1.82, 2.24) is 0 Å². The number of esters is 1. The third kappa shape index (κ3) is 4.92. The van der Waals surface area contributed by atoms with Crippen LogP contribution in [0.2, 0.25) is 0 Å². The minimum absolute atomic E-state index is 0.176. The lowest BCUT2D eigenvalue weighted by atomic mass is 10.4. The number of carbonyl (C=O) groups is 1. The fraction of sp³-hybridized carbons (Fsp3) is 0.700. The van der Waals surface area contributed by atoms with Crippen molar-refractivity contribution in [2.24, 2.45) is 0 Å². The summed E-state index contributed by atoms with van der Waals surface area (Å²) in [4.78, 5) is 11.0. The highest BCUT2D eigenvalue weighted by atomic mass is 16.8. The Bertz CT molecular complexity index is 220. The van der Waals surface area contributed by atoms with E-state index < -0.39 is 12.4 Å². The Kier molecular flexibility index (Phi) is 5.31. The van der Waals surface area contributed by atoms with Gasteiger partial charge in [0.05, 0.1) is 19.8 Å². The fourth-order valence-electron chi connectivity index (χ4n) is 0.964. The molecule has 0 aromatic rings. The van der Waals surface area contributed by atoms with E-state index in [1.807, 2.05) is 0 Å². The summed E-state index contributed by atoms with van der Waals surface area (Å²) in [7, 11) is 0. The van der Waals surface area contributed by atoms with Crippen LogP contribution in [0.1, 0.15) is 13.3 Å². The molecule has 5 nitrogen and oxygen atoms in total. The fourth-order valence-corrected chi connectivity index (χ4v) is 0.964. The summed E-state index contributed by atoms with van der Waals surface area (Å²) < 4.78 is 20.2. The zero-order chi connectivity index (χ0) is 11.1. The van der Waals surface area contributed by atoms with E-state index in [-0.39, 0.29) is 13.2 Å². The average molecular weight is 216 g/mol. The van der Waals surface area contributed by atoms with Crippen molar-refractivity contribution in [2.45, 2.75) is 19.8 Å². The lowest BCUT2D eigenvalue weighted by molar-refractivity contribution is -0.311. The second-order valence-corrected chi connectivity index (χ2v) is 3.17. The van der Waals surface area contributed by atoms with Crippen LogP contribution >= 0.6 is 0 Å². The van der Waals surface area contributed by atoms with E-state index in [0.717, 1.165) is 6.42 Å². The first-order valence-electron chi connectivity index (χ1n) is 4.87. The minimum atomic E-state index is -0.623. The molecule has 1 heterocycles. The number of hydrogen-bond acceptors (Lipinski definition) is 5. The van der Waals surface area contributed by atoms with Crippen LogP contribution < -0.4 is 0 Å². The molecular formula is C10H16O5. The smallest absolute Gasteiger partial charge is 0.333 e. The third-order valence-corrected chi connectivity index (χ3v) is 1.72. The molecule has 1 rings (SSSR count). The van der Waals surface area contributed by atoms with Gasteiger partial charge in [-0.15, -0.1) is 0 Å². The van der Waals surface area contributed by atoms with Gasteiger partial charge in [-0.3, -0.25) is 0 Å². The molecule has 0 radical (unpaired) electrons. The van der Waals surface area contributed by atoms with Crippen LogP contribution in [0.4, 0.5) is 0 Å². The number of carbonyl (C=O) groups excluding carboxylic acids is 1. The van der Waals surface area contributed by atoms with Crippen molar-refractivity contribution in [3.05, 3.63) is 12.2 Å². The van der Waals surface area contributed by atoms with E-state index in [9.17, 15) is 4.79 Å². The van der Waals surface area contributed by atoms with Gasteiger partial charge < -0.3 is 18.9 Å². The van der Waals surface area contributed by atoms with Gasteiger partial charge in [0.2, 0.25) is 0 Å². The van der Waals surface area contributed by atoms with Crippen LogP contribution in [0, 0.1) is 0 Å². The zero-order valence-corrected chi connectivity index (χ0v) is 8.86. The second-order valence-electron chi connectivity index (χ2n) is 3.17. The molecule has 1 saturated heterocycles. The van der Waals surface area contributed by atoms with E-state index in [1.54, 1.807) is 6.92 Å². The van der Waals surface area contributed by atoms with Crippen molar-refractivity contribution < 1.29 is 23.7 Å². The van der Waals surface area contributed by atoms with Gasteiger partial charge in [0.1, 0.15) is 6.61 Å². The summed E-state index contributed by atoms with van der Waals surface area (Å²) in [5.41, 5.74) is 0.375. The van der Waals surface area contributed by atoms with Gasteiger partial charge in [0, 0.05) is 5.57 Å². The molecule has 0 aromatic carbocycles. The third-order valence-electron chi connectivity index (χ3n) is 1.72. The zero-order valence-electron chi connectivity index (χ0n) is 8.86. The molecule has 0 bridgehead atoms. The van der Waals surface area contributed by atoms with Crippen molar-refractivity contribution in [3.8, 4) is 0 Å². The largest absolute Gasteiger partial charge is 0.460 e. The molecule has 0 N–H and O–H groups in total.